The molecule has 1 saturated heterocycles. The van der Waals surface area contributed by atoms with E-state index in [-0.39, 0.29) is 5.91 Å². The summed E-state index contributed by atoms with van der Waals surface area (Å²) in [6.07, 6.45) is 6.53. The van der Waals surface area contributed by atoms with Crippen LogP contribution in [0.5, 0.6) is 11.5 Å². The number of carbonyl (C=O) groups excluding carboxylic acids is 1. The summed E-state index contributed by atoms with van der Waals surface area (Å²) in [6, 6.07) is 6.17. The van der Waals surface area contributed by atoms with Gasteiger partial charge < -0.3 is 24.2 Å². The predicted octanol–water partition coefficient (Wildman–Crippen LogP) is 3.78. The van der Waals surface area contributed by atoms with Gasteiger partial charge >= 0.3 is 0 Å². The summed E-state index contributed by atoms with van der Waals surface area (Å²) in [6.45, 7) is 5.46. The number of aryl methyl sites for hydroxylation is 1. The number of hydrogen-bond acceptors (Lipinski definition) is 6. The van der Waals surface area contributed by atoms with Crippen LogP contribution in [0.3, 0.4) is 0 Å². The number of carbonyl (C=O) groups is 1. The van der Waals surface area contributed by atoms with Crippen molar-refractivity contribution in [2.75, 3.05) is 33.9 Å². The molecule has 33 heavy (non-hydrogen) atoms. The molecular formula is C26H37N3O4. The molecule has 0 saturated carbocycles. The minimum atomic E-state index is 0.246. The van der Waals surface area contributed by atoms with E-state index in [1.165, 1.54) is 5.56 Å². The van der Waals surface area contributed by atoms with Crippen LogP contribution in [-0.4, -0.2) is 49.8 Å². The average Bonchev–Trinajstić information content (AvgIpc) is 3.29. The number of amides is 1. The van der Waals surface area contributed by atoms with Crippen LogP contribution in [0.15, 0.2) is 22.7 Å². The van der Waals surface area contributed by atoms with Gasteiger partial charge in [-0.15, -0.1) is 0 Å². The van der Waals surface area contributed by atoms with E-state index in [1.807, 2.05) is 17.0 Å². The van der Waals surface area contributed by atoms with E-state index in [2.05, 4.69) is 23.5 Å². The van der Waals surface area contributed by atoms with Gasteiger partial charge in [-0.2, -0.15) is 0 Å². The molecule has 1 N–H and O–H groups in total. The Morgan fingerprint density at radius 2 is 1.97 bits per heavy atom. The highest BCUT2D eigenvalue weighted by molar-refractivity contribution is 5.77. The summed E-state index contributed by atoms with van der Waals surface area (Å²) in [7, 11) is 3.30. The van der Waals surface area contributed by atoms with Crippen LogP contribution in [0.2, 0.25) is 0 Å². The van der Waals surface area contributed by atoms with Gasteiger partial charge in [0.15, 0.2) is 11.5 Å². The van der Waals surface area contributed by atoms with Gasteiger partial charge in [0, 0.05) is 32.0 Å². The molecule has 0 radical (unpaired) electrons. The first-order valence-electron chi connectivity index (χ1n) is 12.3. The second-order valence-electron chi connectivity index (χ2n) is 9.35. The molecule has 4 rings (SSSR count). The lowest BCUT2D eigenvalue weighted by atomic mass is 9.80. The number of nitrogens with one attached hydrogen (secondary N) is 1. The fraction of sp³-hybridized carbons (Fsp3) is 0.615. The predicted molar refractivity (Wildman–Crippen MR) is 127 cm³/mol. The minimum Gasteiger partial charge on any atom is -0.493 e. The molecule has 0 bridgehead atoms. The van der Waals surface area contributed by atoms with Crippen molar-refractivity contribution in [1.82, 2.24) is 15.4 Å². The maximum absolute atomic E-state index is 13.3. The Morgan fingerprint density at radius 3 is 2.73 bits per heavy atom. The van der Waals surface area contributed by atoms with Crippen LogP contribution >= 0.6 is 0 Å². The Bertz CT molecular complexity index is 942. The normalized spacial score (nSPS) is 20.4. The van der Waals surface area contributed by atoms with Crippen LogP contribution in [0.25, 0.3) is 0 Å². The summed E-state index contributed by atoms with van der Waals surface area (Å²) < 4.78 is 16.4. The number of ether oxygens (including phenoxy) is 2. The summed E-state index contributed by atoms with van der Waals surface area (Å²) >= 11 is 0. The van der Waals surface area contributed by atoms with Gasteiger partial charge in [0.25, 0.3) is 0 Å². The molecule has 3 heterocycles. The van der Waals surface area contributed by atoms with Crippen LogP contribution < -0.4 is 14.8 Å². The number of benzene rings is 1. The standard InChI is InChI=1S/C26H37N3O4/c1-4-5-6-23-15-22(28-33-23)11-20-16-27-9-7-18(20)14-26(30)29-10-8-19-12-24(31-2)25(32-3)13-21(19)17-29/h12-13,15,18,20,27H,4-11,14,16-17H2,1-3H3/t18-,20-/m0/s1. The van der Waals surface area contributed by atoms with Gasteiger partial charge in [-0.05, 0) is 73.9 Å². The Balaban J connectivity index is 1.38. The summed E-state index contributed by atoms with van der Waals surface area (Å²) in [4.78, 5) is 15.3. The number of piperidine rings is 1. The monoisotopic (exact) mass is 455 g/mol. The summed E-state index contributed by atoms with van der Waals surface area (Å²) in [5.74, 6) is 3.45. The molecule has 1 amide bonds. The van der Waals surface area contributed by atoms with Crippen molar-refractivity contribution in [3.63, 3.8) is 0 Å². The minimum absolute atomic E-state index is 0.246. The molecule has 7 nitrogen and oxygen atoms in total. The van der Waals surface area contributed by atoms with E-state index >= 15 is 0 Å². The Labute approximate surface area is 196 Å². The molecule has 0 spiro atoms. The van der Waals surface area contributed by atoms with Crippen molar-refractivity contribution in [3.05, 3.63) is 40.8 Å². The average molecular weight is 456 g/mol. The molecule has 2 aromatic rings. The number of unbranched alkanes of at least 4 members (excludes halogenated alkanes) is 1. The van der Waals surface area contributed by atoms with Crippen LogP contribution in [-0.2, 0) is 30.6 Å². The van der Waals surface area contributed by atoms with Crippen molar-refractivity contribution < 1.29 is 18.8 Å². The van der Waals surface area contributed by atoms with Crippen molar-refractivity contribution in [1.29, 1.82) is 0 Å². The number of rotatable bonds is 9. The maximum atomic E-state index is 13.3. The highest BCUT2D eigenvalue weighted by Gasteiger charge is 2.31. The van der Waals surface area contributed by atoms with E-state index in [9.17, 15) is 4.79 Å². The Morgan fingerprint density at radius 1 is 1.18 bits per heavy atom. The second-order valence-corrected chi connectivity index (χ2v) is 9.35. The first kappa shape index (κ1) is 23.6. The highest BCUT2D eigenvalue weighted by Crippen LogP contribution is 2.34. The lowest BCUT2D eigenvalue weighted by Gasteiger charge is -2.35. The molecule has 1 fully saturated rings. The van der Waals surface area contributed by atoms with E-state index in [0.29, 0.717) is 24.8 Å². The number of nitrogens with zero attached hydrogens (tertiary/aromatic N) is 2. The zero-order chi connectivity index (χ0) is 23.2. The van der Waals surface area contributed by atoms with Gasteiger partial charge in [0.2, 0.25) is 5.91 Å². The third kappa shape index (κ3) is 5.69. The number of fused-ring (bicyclic) bond motifs is 1. The first-order valence-corrected chi connectivity index (χ1v) is 12.3. The first-order chi connectivity index (χ1) is 16.1. The number of aromatic nitrogens is 1. The van der Waals surface area contributed by atoms with E-state index in [0.717, 1.165) is 86.7 Å². The Hall–Kier alpha value is -2.54. The molecule has 1 aromatic heterocycles. The quantitative estimate of drug-likeness (QED) is 0.620. The van der Waals surface area contributed by atoms with Gasteiger partial charge in [0.05, 0.1) is 19.9 Å². The lowest BCUT2D eigenvalue weighted by Crippen LogP contribution is -2.42. The van der Waals surface area contributed by atoms with Gasteiger partial charge in [0.1, 0.15) is 5.76 Å². The van der Waals surface area contributed by atoms with E-state index in [4.69, 9.17) is 14.0 Å². The van der Waals surface area contributed by atoms with Crippen LogP contribution in [0.1, 0.15) is 55.2 Å². The molecule has 180 valence electrons. The lowest BCUT2D eigenvalue weighted by molar-refractivity contribution is -0.133. The highest BCUT2D eigenvalue weighted by atomic mass is 16.5. The zero-order valence-electron chi connectivity index (χ0n) is 20.2. The van der Waals surface area contributed by atoms with E-state index < -0.39 is 0 Å². The fourth-order valence-electron chi connectivity index (χ4n) is 5.12. The topological polar surface area (TPSA) is 76.8 Å². The molecule has 2 aliphatic rings. The molecular weight excluding hydrogens is 418 g/mol. The maximum Gasteiger partial charge on any atom is 0.223 e. The number of methoxy groups -OCH3 is 2. The van der Waals surface area contributed by atoms with Crippen molar-refractivity contribution in [3.8, 4) is 11.5 Å². The molecule has 0 unspecified atom stereocenters. The van der Waals surface area contributed by atoms with E-state index in [1.54, 1.807) is 14.2 Å². The van der Waals surface area contributed by atoms with Crippen molar-refractivity contribution >= 4 is 5.91 Å². The molecule has 0 aliphatic carbocycles. The third-order valence-electron chi connectivity index (χ3n) is 7.13. The molecule has 1 aromatic carbocycles. The SMILES string of the molecule is CCCCc1cc(C[C@H]2CNCC[C@H]2CC(=O)N2CCc3cc(OC)c(OC)cc3C2)no1. The van der Waals surface area contributed by atoms with Gasteiger partial charge in [-0.25, -0.2) is 0 Å². The second kappa shape index (κ2) is 11.1. The molecule has 2 atom stereocenters. The summed E-state index contributed by atoms with van der Waals surface area (Å²) in [5, 5.41) is 7.81. The smallest absolute Gasteiger partial charge is 0.223 e. The van der Waals surface area contributed by atoms with Gasteiger partial charge in [-0.3, -0.25) is 4.79 Å². The zero-order valence-corrected chi connectivity index (χ0v) is 20.2. The third-order valence-corrected chi connectivity index (χ3v) is 7.13. The van der Waals surface area contributed by atoms with Crippen LogP contribution in [0, 0.1) is 11.8 Å². The Kier molecular flexibility index (Phi) is 7.91. The largest absolute Gasteiger partial charge is 0.493 e. The molecule has 2 aliphatic heterocycles. The van der Waals surface area contributed by atoms with Crippen LogP contribution in [0.4, 0.5) is 0 Å². The molecule has 7 heteroatoms. The summed E-state index contributed by atoms with van der Waals surface area (Å²) in [5.41, 5.74) is 3.40. The van der Waals surface area contributed by atoms with Gasteiger partial charge in [-0.1, -0.05) is 18.5 Å². The number of hydrogen-bond donors (Lipinski definition) is 1. The van der Waals surface area contributed by atoms with Crippen molar-refractivity contribution in [2.45, 2.75) is 58.4 Å². The fourth-order valence-corrected chi connectivity index (χ4v) is 5.12. The van der Waals surface area contributed by atoms with Crippen molar-refractivity contribution in [2.24, 2.45) is 11.8 Å².